The van der Waals surface area contributed by atoms with Crippen LogP contribution in [0.5, 0.6) is 0 Å². The topological polar surface area (TPSA) is 46.8 Å². The van der Waals surface area contributed by atoms with Crippen molar-refractivity contribution in [1.29, 1.82) is 0 Å². The molecule has 0 aromatic heterocycles. The van der Waals surface area contributed by atoms with E-state index in [2.05, 4.69) is 30.3 Å². The van der Waals surface area contributed by atoms with Gasteiger partial charge in [0, 0.05) is 19.4 Å². The maximum Gasteiger partial charge on any atom is 0.104 e. The molecule has 0 aliphatic carbocycles. The number of hydrogen-bond acceptors (Lipinski definition) is 4. The number of fused-ring (bicyclic) bond motifs is 1. The monoisotopic (exact) mass is 354 g/mol. The Morgan fingerprint density at radius 2 is 1.65 bits per heavy atom. The standard InChI is InChI=1S/C22H26O4/c1(7-23-11-20-14-26-20)2-21-17(10-19-13-25-19)5-4-16-8-15(3-6-22(16)21)9-18-12-24-18/h3-6,8,18-20H,1-2,7,9-14H2. The van der Waals surface area contributed by atoms with Gasteiger partial charge in [0.15, 0.2) is 0 Å². The van der Waals surface area contributed by atoms with E-state index in [1.807, 2.05) is 0 Å². The molecule has 3 unspecified atom stereocenters. The molecule has 4 heteroatoms. The molecule has 3 atom stereocenters. The maximum absolute atomic E-state index is 5.73. The van der Waals surface area contributed by atoms with Crippen LogP contribution in [0, 0.1) is 0 Å². The van der Waals surface area contributed by atoms with Crippen LogP contribution in [0.15, 0.2) is 30.3 Å². The number of benzene rings is 2. The summed E-state index contributed by atoms with van der Waals surface area (Å²) in [5.74, 6) is 0. The third-order valence-electron chi connectivity index (χ3n) is 5.43. The summed E-state index contributed by atoms with van der Waals surface area (Å²) < 4.78 is 21.8. The second-order valence-corrected chi connectivity index (χ2v) is 7.71. The molecule has 2 aromatic rings. The van der Waals surface area contributed by atoms with Crippen molar-refractivity contribution >= 4 is 10.8 Å². The molecule has 3 heterocycles. The summed E-state index contributed by atoms with van der Waals surface area (Å²) in [6, 6.07) is 11.5. The van der Waals surface area contributed by atoms with Gasteiger partial charge in [0.2, 0.25) is 0 Å². The maximum atomic E-state index is 5.73. The minimum Gasteiger partial charge on any atom is -0.379 e. The lowest BCUT2D eigenvalue weighted by atomic mass is 9.92. The van der Waals surface area contributed by atoms with Crippen molar-refractivity contribution in [3.05, 3.63) is 47.0 Å². The van der Waals surface area contributed by atoms with E-state index >= 15 is 0 Å². The van der Waals surface area contributed by atoms with Crippen LogP contribution in [0.4, 0.5) is 0 Å². The van der Waals surface area contributed by atoms with Gasteiger partial charge in [-0.3, -0.25) is 0 Å². The van der Waals surface area contributed by atoms with Crippen molar-refractivity contribution < 1.29 is 18.9 Å². The molecule has 4 nitrogen and oxygen atoms in total. The first-order valence-corrected chi connectivity index (χ1v) is 9.81. The lowest BCUT2D eigenvalue weighted by Gasteiger charge is -2.14. The van der Waals surface area contributed by atoms with Crippen LogP contribution < -0.4 is 0 Å². The normalized spacial score (nSPS) is 26.2. The molecular weight excluding hydrogens is 328 g/mol. The van der Waals surface area contributed by atoms with Gasteiger partial charge in [0.25, 0.3) is 0 Å². The summed E-state index contributed by atoms with van der Waals surface area (Å²) in [7, 11) is 0. The fourth-order valence-electron chi connectivity index (χ4n) is 3.71. The fraction of sp³-hybridized carbons (Fsp3) is 0.545. The average molecular weight is 354 g/mol. The fourth-order valence-corrected chi connectivity index (χ4v) is 3.71. The third kappa shape index (κ3) is 4.26. The minimum atomic E-state index is 0.351. The van der Waals surface area contributed by atoms with Crippen LogP contribution in [0.3, 0.4) is 0 Å². The number of ether oxygens (including phenoxy) is 4. The van der Waals surface area contributed by atoms with Gasteiger partial charge in [-0.15, -0.1) is 0 Å². The Morgan fingerprint density at radius 3 is 2.42 bits per heavy atom. The van der Waals surface area contributed by atoms with Crippen LogP contribution in [0.2, 0.25) is 0 Å². The Labute approximate surface area is 154 Å². The Kier molecular flexibility index (Phi) is 4.67. The van der Waals surface area contributed by atoms with Crippen molar-refractivity contribution in [1.82, 2.24) is 0 Å². The van der Waals surface area contributed by atoms with Gasteiger partial charge in [-0.05, 0) is 40.3 Å². The molecule has 26 heavy (non-hydrogen) atoms. The quantitative estimate of drug-likeness (QED) is 0.486. The van der Waals surface area contributed by atoms with Crippen LogP contribution in [-0.4, -0.2) is 51.3 Å². The van der Waals surface area contributed by atoms with Gasteiger partial charge in [0.1, 0.15) is 6.10 Å². The first-order chi connectivity index (χ1) is 12.8. The second kappa shape index (κ2) is 7.28. The predicted molar refractivity (Wildman–Crippen MR) is 99.7 cm³/mol. The second-order valence-electron chi connectivity index (χ2n) is 7.71. The van der Waals surface area contributed by atoms with Crippen molar-refractivity contribution in [3.63, 3.8) is 0 Å². The molecule has 2 aromatic carbocycles. The zero-order chi connectivity index (χ0) is 17.3. The predicted octanol–water partition coefficient (Wildman–Crippen LogP) is 3.07. The van der Waals surface area contributed by atoms with Crippen molar-refractivity contribution in [2.45, 2.75) is 44.0 Å². The van der Waals surface area contributed by atoms with E-state index in [-0.39, 0.29) is 0 Å². The van der Waals surface area contributed by atoms with Gasteiger partial charge in [0.05, 0.1) is 38.6 Å². The molecule has 0 bridgehead atoms. The molecule has 138 valence electrons. The van der Waals surface area contributed by atoms with E-state index in [1.54, 1.807) is 0 Å². The molecule has 0 spiro atoms. The van der Waals surface area contributed by atoms with Crippen molar-refractivity contribution in [2.75, 3.05) is 33.0 Å². The Balaban J connectivity index is 1.33. The zero-order valence-corrected chi connectivity index (χ0v) is 15.1. The SMILES string of the molecule is c1cc2c(CCCOCC3CO3)c(CC3CO3)ccc2cc1CC1CO1. The molecule has 3 fully saturated rings. The zero-order valence-electron chi connectivity index (χ0n) is 15.1. The summed E-state index contributed by atoms with van der Waals surface area (Å²) in [5.41, 5.74) is 4.28. The summed E-state index contributed by atoms with van der Waals surface area (Å²) in [4.78, 5) is 0. The van der Waals surface area contributed by atoms with Gasteiger partial charge >= 0.3 is 0 Å². The average Bonchev–Trinajstić information content (AvgIpc) is 3.49. The Bertz CT molecular complexity index is 775. The number of hydrogen-bond donors (Lipinski definition) is 0. The minimum absolute atomic E-state index is 0.351. The van der Waals surface area contributed by atoms with Gasteiger partial charge in [-0.1, -0.05) is 30.3 Å². The van der Waals surface area contributed by atoms with E-state index in [9.17, 15) is 0 Å². The molecule has 3 aliphatic rings. The lowest BCUT2D eigenvalue weighted by Crippen LogP contribution is -2.06. The summed E-state index contributed by atoms with van der Waals surface area (Å²) in [5, 5.41) is 2.72. The van der Waals surface area contributed by atoms with E-state index in [4.69, 9.17) is 18.9 Å². The number of aryl methyl sites for hydroxylation is 1. The number of rotatable bonds is 10. The van der Waals surface area contributed by atoms with E-state index in [0.717, 1.165) is 58.7 Å². The van der Waals surface area contributed by atoms with Gasteiger partial charge < -0.3 is 18.9 Å². The van der Waals surface area contributed by atoms with Gasteiger partial charge in [-0.2, -0.15) is 0 Å². The van der Waals surface area contributed by atoms with E-state index in [1.165, 1.54) is 27.5 Å². The molecule has 0 N–H and O–H groups in total. The highest BCUT2D eigenvalue weighted by atomic mass is 16.6. The molecule has 5 rings (SSSR count). The molecule has 3 aliphatic heterocycles. The van der Waals surface area contributed by atoms with E-state index in [0.29, 0.717) is 18.3 Å². The van der Waals surface area contributed by atoms with Crippen LogP contribution in [0.25, 0.3) is 10.8 Å². The highest BCUT2D eigenvalue weighted by Crippen LogP contribution is 2.29. The molecule has 0 radical (unpaired) electrons. The molecular formula is C22H26O4. The summed E-state index contributed by atoms with van der Waals surface area (Å²) >= 11 is 0. The molecule has 3 saturated heterocycles. The first kappa shape index (κ1) is 16.7. The van der Waals surface area contributed by atoms with Crippen LogP contribution >= 0.6 is 0 Å². The van der Waals surface area contributed by atoms with E-state index < -0.39 is 0 Å². The largest absolute Gasteiger partial charge is 0.379 e. The van der Waals surface area contributed by atoms with Crippen LogP contribution in [0.1, 0.15) is 23.1 Å². The highest BCUT2D eigenvalue weighted by molar-refractivity contribution is 5.87. The van der Waals surface area contributed by atoms with Crippen molar-refractivity contribution in [3.8, 4) is 0 Å². The van der Waals surface area contributed by atoms with Crippen molar-refractivity contribution in [2.24, 2.45) is 0 Å². The summed E-state index contributed by atoms with van der Waals surface area (Å²) in [6.07, 6.45) is 5.35. The first-order valence-electron chi connectivity index (χ1n) is 9.81. The summed E-state index contributed by atoms with van der Waals surface area (Å²) in [6.45, 7) is 4.22. The molecule has 0 amide bonds. The van der Waals surface area contributed by atoms with Gasteiger partial charge in [-0.25, -0.2) is 0 Å². The number of epoxide rings is 3. The Morgan fingerprint density at radius 1 is 0.885 bits per heavy atom. The third-order valence-corrected chi connectivity index (χ3v) is 5.43. The Hall–Kier alpha value is -1.46. The van der Waals surface area contributed by atoms with Crippen LogP contribution in [-0.2, 0) is 38.2 Å². The smallest absolute Gasteiger partial charge is 0.104 e. The lowest BCUT2D eigenvalue weighted by molar-refractivity contribution is 0.114. The highest BCUT2D eigenvalue weighted by Gasteiger charge is 2.25. The molecule has 0 saturated carbocycles.